The molecule has 1 aliphatic carbocycles. The van der Waals surface area contributed by atoms with Crippen LogP contribution in [0.2, 0.25) is 0 Å². The number of nitrogens with one attached hydrogen (secondary N) is 1. The Morgan fingerprint density at radius 1 is 1.27 bits per heavy atom. The van der Waals surface area contributed by atoms with Gasteiger partial charge in [0.25, 0.3) is 0 Å². The zero-order valence-corrected chi connectivity index (χ0v) is 14.5. The summed E-state index contributed by atoms with van der Waals surface area (Å²) in [4.78, 5) is 16.3. The van der Waals surface area contributed by atoms with Crippen molar-refractivity contribution in [3.05, 3.63) is 64.4 Å². The number of halogens is 1. The van der Waals surface area contributed by atoms with Gasteiger partial charge in [-0.1, -0.05) is 34.1 Å². The van der Waals surface area contributed by atoms with Crippen LogP contribution in [0.3, 0.4) is 0 Å². The number of benzene rings is 1. The molecule has 1 heterocycles. The molecular weight excluding hydrogens is 360 g/mol. The molecule has 1 aromatic heterocycles. The predicted octanol–water partition coefficient (Wildman–Crippen LogP) is 3.88. The Balaban J connectivity index is 1.50. The van der Waals surface area contributed by atoms with E-state index in [1.54, 1.807) is 18.0 Å². The van der Waals surface area contributed by atoms with Gasteiger partial charge in [0.1, 0.15) is 0 Å². The minimum atomic E-state index is -0.132. The van der Waals surface area contributed by atoms with Crippen LogP contribution in [0, 0.1) is 0 Å². The Hall–Kier alpha value is -1.33. The summed E-state index contributed by atoms with van der Waals surface area (Å²) in [5.74, 6) is 1.40. The van der Waals surface area contributed by atoms with Crippen molar-refractivity contribution in [1.29, 1.82) is 0 Å². The van der Waals surface area contributed by atoms with E-state index in [9.17, 15) is 4.79 Å². The molecule has 0 unspecified atom stereocenters. The molecule has 3 rings (SSSR count). The lowest BCUT2D eigenvalue weighted by molar-refractivity contribution is -0.119. The van der Waals surface area contributed by atoms with Crippen molar-refractivity contribution in [1.82, 2.24) is 10.3 Å². The zero-order chi connectivity index (χ0) is 15.4. The van der Waals surface area contributed by atoms with E-state index in [1.807, 2.05) is 30.5 Å². The van der Waals surface area contributed by atoms with Crippen LogP contribution in [0.4, 0.5) is 0 Å². The molecule has 0 bridgehead atoms. The van der Waals surface area contributed by atoms with Crippen molar-refractivity contribution < 1.29 is 4.79 Å². The number of carbonyl (C=O) groups is 1. The normalized spacial score (nSPS) is 15.3. The second kappa shape index (κ2) is 6.84. The number of pyridine rings is 1. The number of carbonyl (C=O) groups excluding carboxylic acids is 1. The third-order valence-electron chi connectivity index (χ3n) is 3.75. The van der Waals surface area contributed by atoms with Crippen molar-refractivity contribution in [3.63, 3.8) is 0 Å². The fourth-order valence-corrected chi connectivity index (χ4v) is 3.46. The Labute approximate surface area is 143 Å². The van der Waals surface area contributed by atoms with Gasteiger partial charge in [-0.25, -0.2) is 0 Å². The Morgan fingerprint density at radius 3 is 2.68 bits per heavy atom. The Bertz CT molecular complexity index is 641. The molecule has 2 aromatic rings. The molecule has 0 atom stereocenters. The molecule has 1 amide bonds. The van der Waals surface area contributed by atoms with Gasteiger partial charge in [-0.2, -0.15) is 0 Å². The van der Waals surface area contributed by atoms with Crippen LogP contribution in [-0.2, 0) is 16.1 Å². The lowest BCUT2D eigenvalue weighted by Crippen LogP contribution is -2.36. The molecule has 1 aromatic carbocycles. The average Bonchev–Trinajstić information content (AvgIpc) is 3.29. The molecule has 5 heteroatoms. The molecule has 1 fully saturated rings. The monoisotopic (exact) mass is 376 g/mol. The van der Waals surface area contributed by atoms with Crippen LogP contribution in [0.25, 0.3) is 0 Å². The summed E-state index contributed by atoms with van der Waals surface area (Å²) in [5.41, 5.74) is 2.21. The Morgan fingerprint density at radius 2 is 2.05 bits per heavy atom. The fraction of sp³-hybridized carbons (Fsp3) is 0.294. The van der Waals surface area contributed by atoms with Crippen LogP contribution in [0.15, 0.2) is 53.3 Å². The maximum atomic E-state index is 12.2. The number of rotatable bonds is 6. The largest absolute Gasteiger partial charge is 0.346 e. The highest BCUT2D eigenvalue weighted by atomic mass is 79.9. The molecule has 0 aliphatic heterocycles. The Kier molecular flexibility index (Phi) is 4.84. The summed E-state index contributed by atoms with van der Waals surface area (Å²) in [6.45, 7) is 0. The summed E-state index contributed by atoms with van der Waals surface area (Å²) >= 11 is 5.07. The first-order valence-corrected chi connectivity index (χ1v) is 9.16. The number of nitrogens with zero attached hydrogens (tertiary/aromatic N) is 1. The fourth-order valence-electron chi connectivity index (χ4n) is 2.43. The highest BCUT2D eigenvalue weighted by Crippen LogP contribution is 2.45. The van der Waals surface area contributed by atoms with Gasteiger partial charge in [0.05, 0.1) is 11.3 Å². The van der Waals surface area contributed by atoms with E-state index in [0.29, 0.717) is 5.75 Å². The number of hydrogen-bond acceptors (Lipinski definition) is 3. The third kappa shape index (κ3) is 3.90. The molecule has 0 spiro atoms. The number of hydrogen-bond donors (Lipinski definition) is 1. The van der Waals surface area contributed by atoms with Crippen LogP contribution >= 0.6 is 27.7 Å². The van der Waals surface area contributed by atoms with Gasteiger partial charge in [0, 0.05) is 22.6 Å². The second-order valence-corrected chi connectivity index (χ2v) is 7.39. The quantitative estimate of drug-likeness (QED) is 0.831. The summed E-state index contributed by atoms with van der Waals surface area (Å²) in [7, 11) is 0. The first-order valence-electron chi connectivity index (χ1n) is 7.22. The summed E-state index contributed by atoms with van der Waals surface area (Å²) < 4.78 is 1.06. The second-order valence-electron chi connectivity index (χ2n) is 5.49. The van der Waals surface area contributed by atoms with Crippen molar-refractivity contribution in [3.8, 4) is 0 Å². The van der Waals surface area contributed by atoms with Crippen LogP contribution < -0.4 is 5.32 Å². The number of thioether (sulfide) groups is 1. The van der Waals surface area contributed by atoms with Gasteiger partial charge in [-0.3, -0.25) is 9.78 Å². The van der Waals surface area contributed by atoms with Crippen LogP contribution in [0.5, 0.6) is 0 Å². The average molecular weight is 377 g/mol. The van der Waals surface area contributed by atoms with E-state index in [4.69, 9.17) is 0 Å². The van der Waals surface area contributed by atoms with Gasteiger partial charge in [-0.15, -0.1) is 11.8 Å². The molecule has 22 heavy (non-hydrogen) atoms. The summed E-state index contributed by atoms with van der Waals surface area (Å²) in [6, 6.07) is 12.2. The SMILES string of the molecule is O=C(CSCc1cccnc1)NC1(c2ccc(Br)cc2)CC1. The van der Waals surface area contributed by atoms with Crippen molar-refractivity contribution in [2.45, 2.75) is 24.1 Å². The van der Waals surface area contributed by atoms with Gasteiger partial charge in [-0.05, 0) is 42.2 Å². The minimum Gasteiger partial charge on any atom is -0.346 e. The van der Waals surface area contributed by atoms with Crippen molar-refractivity contribution in [2.24, 2.45) is 0 Å². The lowest BCUT2D eigenvalue weighted by atomic mass is 10.1. The van der Waals surface area contributed by atoms with Gasteiger partial charge in [0.2, 0.25) is 5.91 Å². The minimum absolute atomic E-state index is 0.106. The van der Waals surface area contributed by atoms with Crippen LogP contribution in [-0.4, -0.2) is 16.6 Å². The van der Waals surface area contributed by atoms with E-state index in [2.05, 4.69) is 38.4 Å². The molecule has 1 saturated carbocycles. The molecule has 0 radical (unpaired) electrons. The van der Waals surface area contributed by atoms with E-state index in [1.165, 1.54) is 5.56 Å². The van der Waals surface area contributed by atoms with E-state index < -0.39 is 0 Å². The first-order chi connectivity index (χ1) is 10.7. The topological polar surface area (TPSA) is 42.0 Å². The predicted molar refractivity (Wildman–Crippen MR) is 93.6 cm³/mol. The van der Waals surface area contributed by atoms with E-state index >= 15 is 0 Å². The number of aromatic nitrogens is 1. The molecular formula is C17H17BrN2OS. The van der Waals surface area contributed by atoms with E-state index in [0.717, 1.165) is 28.6 Å². The highest BCUT2D eigenvalue weighted by Gasteiger charge is 2.45. The van der Waals surface area contributed by atoms with Crippen molar-refractivity contribution in [2.75, 3.05) is 5.75 Å². The van der Waals surface area contributed by atoms with Crippen LogP contribution in [0.1, 0.15) is 24.0 Å². The molecule has 1 N–H and O–H groups in total. The third-order valence-corrected chi connectivity index (χ3v) is 5.28. The number of amides is 1. The maximum Gasteiger partial charge on any atom is 0.230 e. The van der Waals surface area contributed by atoms with Gasteiger partial charge >= 0.3 is 0 Å². The molecule has 114 valence electrons. The standard InChI is InChI=1S/C17H17BrN2OS/c18-15-5-3-14(4-6-15)17(7-8-17)20-16(21)12-22-11-13-2-1-9-19-10-13/h1-6,9-10H,7-8,11-12H2,(H,20,21). The van der Waals surface area contributed by atoms with Gasteiger partial charge < -0.3 is 5.32 Å². The maximum absolute atomic E-state index is 12.2. The lowest BCUT2D eigenvalue weighted by Gasteiger charge is -2.18. The smallest absolute Gasteiger partial charge is 0.230 e. The molecule has 3 nitrogen and oxygen atoms in total. The van der Waals surface area contributed by atoms with Gasteiger partial charge in [0.15, 0.2) is 0 Å². The summed E-state index contributed by atoms with van der Waals surface area (Å²) in [6.07, 6.45) is 5.65. The van der Waals surface area contributed by atoms with Crippen molar-refractivity contribution >= 4 is 33.6 Å². The van der Waals surface area contributed by atoms with E-state index in [-0.39, 0.29) is 11.4 Å². The highest BCUT2D eigenvalue weighted by molar-refractivity contribution is 9.10. The molecule has 0 saturated heterocycles. The first kappa shape index (κ1) is 15.6. The summed E-state index contributed by atoms with van der Waals surface area (Å²) in [5, 5.41) is 3.20. The zero-order valence-electron chi connectivity index (χ0n) is 12.1. The molecule has 1 aliphatic rings.